The minimum Gasteiger partial charge on any atom is -0.508 e. The van der Waals surface area contributed by atoms with Crippen LogP contribution in [0.2, 0.25) is 0 Å². The predicted octanol–water partition coefficient (Wildman–Crippen LogP) is 4.81. The third-order valence-electron chi connectivity index (χ3n) is 9.34. The van der Waals surface area contributed by atoms with Gasteiger partial charge in [0.1, 0.15) is 17.2 Å². The number of hydrogen-bond donors (Lipinski definition) is 7. The maximum atomic E-state index is 10.2. The van der Waals surface area contributed by atoms with Gasteiger partial charge in [0.05, 0.1) is 0 Å². The van der Waals surface area contributed by atoms with E-state index in [1.165, 1.54) is 0 Å². The molecule has 8 aromatic rings. The summed E-state index contributed by atoms with van der Waals surface area (Å²) >= 11 is 0. The Balaban J connectivity index is 1.43. The van der Waals surface area contributed by atoms with Gasteiger partial charge in [-0.05, 0) is 119 Å². The van der Waals surface area contributed by atoms with E-state index in [2.05, 4.69) is 73.5 Å². The summed E-state index contributed by atoms with van der Waals surface area (Å²) < 4.78 is 0. The molecule has 5 aromatic heterocycles. The Morgan fingerprint density at radius 1 is 0.294 bits per heavy atom. The number of benzene rings is 3. The van der Waals surface area contributed by atoms with Crippen molar-refractivity contribution in [3.05, 3.63) is 212 Å². The molecule has 0 radical (unpaired) electrons. The second-order valence-electron chi connectivity index (χ2n) is 12.5. The average Bonchev–Trinajstić information content (AvgIpc) is 3.99. The summed E-state index contributed by atoms with van der Waals surface area (Å²) in [5, 5.41) is 34.1. The van der Waals surface area contributed by atoms with Crippen LogP contribution < -0.4 is 21.4 Å². The third-order valence-corrected chi connectivity index (χ3v) is 9.34. The molecule has 6 heterocycles. The Morgan fingerprint density at radius 3 is 0.863 bits per heavy atom. The number of H-pyrrole nitrogens is 4. The lowest BCUT2D eigenvalue weighted by atomic mass is 10.0. The maximum Gasteiger partial charge on any atom is 0.115 e. The number of aromatic hydroxyl groups is 3. The smallest absolute Gasteiger partial charge is 0.115 e. The molecule has 0 atom stereocenters. The molecule has 51 heavy (non-hydrogen) atoms. The van der Waals surface area contributed by atoms with Crippen molar-refractivity contribution in [3.63, 3.8) is 0 Å². The van der Waals surface area contributed by atoms with Gasteiger partial charge < -0.3 is 35.3 Å². The van der Waals surface area contributed by atoms with Crippen LogP contribution in [-0.2, 0) is 0 Å². The SMILES string of the molecule is Oc1ccc(C2=c3ccc([nH]3)=C(c3ccncc3)c3ccc([nH]3)C(c3ccc(O)cc3)=c3ccc([nH]3)=C(c3ccc(O)cc3)c3ccc2[nH]3)cc1. The lowest BCUT2D eigenvalue weighted by Gasteiger charge is -2.10. The van der Waals surface area contributed by atoms with Gasteiger partial charge in [0, 0.05) is 78.9 Å². The molecule has 3 aromatic carbocycles. The zero-order chi connectivity index (χ0) is 34.5. The van der Waals surface area contributed by atoms with Crippen molar-refractivity contribution in [2.75, 3.05) is 0 Å². The fourth-order valence-corrected chi connectivity index (χ4v) is 6.97. The minimum absolute atomic E-state index is 0.186. The van der Waals surface area contributed by atoms with Crippen LogP contribution >= 0.6 is 0 Å². The van der Waals surface area contributed by atoms with Crippen molar-refractivity contribution in [2.24, 2.45) is 0 Å². The number of nitrogens with one attached hydrogen (secondary N) is 4. The standard InChI is InChI=1S/C43H31N5O3/c49-29-7-1-25(2-8-29)40-32-13-15-34(45-32)41(26-3-9-30(50)10-4-26)36-17-19-38(47-36)43(28-21-23-44-24-22-28)39-20-18-37(48-39)42(35-16-14-33(40)46-35)27-5-11-31(51)12-6-27/h1-24,45-51H. The molecule has 0 spiro atoms. The second kappa shape index (κ2) is 12.0. The zero-order valence-corrected chi connectivity index (χ0v) is 27.1. The van der Waals surface area contributed by atoms with Crippen LogP contribution in [0.5, 0.6) is 17.2 Å². The molecule has 0 aliphatic carbocycles. The highest BCUT2D eigenvalue weighted by Gasteiger charge is 2.18. The predicted molar refractivity (Wildman–Crippen MR) is 197 cm³/mol. The average molecular weight is 666 g/mol. The van der Waals surface area contributed by atoms with E-state index < -0.39 is 0 Å². The van der Waals surface area contributed by atoms with Gasteiger partial charge in [0.15, 0.2) is 0 Å². The Bertz CT molecular complexity index is 2800. The van der Waals surface area contributed by atoms with E-state index in [1.54, 1.807) is 48.8 Å². The van der Waals surface area contributed by atoms with Crippen molar-refractivity contribution in [1.29, 1.82) is 0 Å². The highest BCUT2D eigenvalue weighted by Crippen LogP contribution is 2.29. The molecule has 0 saturated heterocycles. The Morgan fingerprint density at radius 2 is 0.569 bits per heavy atom. The van der Waals surface area contributed by atoms with Gasteiger partial charge in [0.2, 0.25) is 0 Å². The molecular weight excluding hydrogens is 635 g/mol. The van der Waals surface area contributed by atoms with Crippen LogP contribution in [0, 0.1) is 0 Å². The van der Waals surface area contributed by atoms with Gasteiger partial charge in [-0.2, -0.15) is 0 Å². The van der Waals surface area contributed by atoms with Crippen molar-refractivity contribution in [3.8, 4) is 17.2 Å². The summed E-state index contributed by atoms with van der Waals surface area (Å²) in [7, 11) is 0. The van der Waals surface area contributed by atoms with Gasteiger partial charge in [-0.15, -0.1) is 0 Å². The van der Waals surface area contributed by atoms with Crippen molar-refractivity contribution < 1.29 is 15.3 Å². The van der Waals surface area contributed by atoms with E-state index in [9.17, 15) is 15.3 Å². The fraction of sp³-hybridized carbons (Fsp3) is 0. The van der Waals surface area contributed by atoms with Crippen LogP contribution in [0.3, 0.4) is 0 Å². The topological polar surface area (TPSA) is 137 Å². The first-order valence-electron chi connectivity index (χ1n) is 16.5. The van der Waals surface area contributed by atoms with Gasteiger partial charge in [0.25, 0.3) is 0 Å². The molecule has 0 unspecified atom stereocenters. The number of hydrogen-bond acceptors (Lipinski definition) is 4. The van der Waals surface area contributed by atoms with Crippen LogP contribution in [0.25, 0.3) is 22.3 Å². The van der Waals surface area contributed by atoms with E-state index in [-0.39, 0.29) is 17.2 Å². The van der Waals surface area contributed by atoms with Crippen LogP contribution in [0.15, 0.2) is 146 Å². The summed E-state index contributed by atoms with van der Waals surface area (Å²) in [6, 6.07) is 42.2. The third kappa shape index (κ3) is 5.41. The van der Waals surface area contributed by atoms with Crippen molar-refractivity contribution >= 4 is 22.3 Å². The monoisotopic (exact) mass is 665 g/mol. The number of aromatic amines is 4. The van der Waals surface area contributed by atoms with Crippen molar-refractivity contribution in [2.45, 2.75) is 0 Å². The molecule has 8 nitrogen and oxygen atoms in total. The van der Waals surface area contributed by atoms with E-state index >= 15 is 0 Å². The lowest BCUT2D eigenvalue weighted by molar-refractivity contribution is 0.474. The summed E-state index contributed by atoms with van der Waals surface area (Å²) in [5.41, 5.74) is 11.0. The molecule has 246 valence electrons. The quantitative estimate of drug-likeness (QED) is 0.145. The normalized spacial score (nSPS) is 12.8. The van der Waals surface area contributed by atoms with Crippen LogP contribution in [-0.4, -0.2) is 40.2 Å². The van der Waals surface area contributed by atoms with E-state index in [0.717, 1.165) is 88.7 Å². The van der Waals surface area contributed by atoms with E-state index in [0.29, 0.717) is 0 Å². The number of pyridine rings is 1. The van der Waals surface area contributed by atoms with Gasteiger partial charge >= 0.3 is 0 Å². The molecule has 1 aliphatic heterocycles. The first kappa shape index (κ1) is 29.9. The summed E-state index contributed by atoms with van der Waals surface area (Å²) in [6.07, 6.45) is 3.58. The number of phenols is 3. The fourth-order valence-electron chi connectivity index (χ4n) is 6.97. The van der Waals surface area contributed by atoms with Gasteiger partial charge in [-0.3, -0.25) is 4.98 Å². The molecule has 0 saturated carbocycles. The van der Waals surface area contributed by atoms with E-state index in [1.807, 2.05) is 48.5 Å². The summed E-state index contributed by atoms with van der Waals surface area (Å²) in [4.78, 5) is 19.2. The Kier molecular flexibility index (Phi) is 7.07. The molecule has 7 N–H and O–H groups in total. The molecule has 8 bridgehead atoms. The Hall–Kier alpha value is -7.19. The van der Waals surface area contributed by atoms with Gasteiger partial charge in [-0.1, -0.05) is 36.4 Å². The van der Waals surface area contributed by atoms with Crippen LogP contribution in [0.4, 0.5) is 0 Å². The molecule has 8 heteroatoms. The Labute approximate surface area is 291 Å². The molecule has 9 rings (SSSR count). The number of fused-ring (bicyclic) bond motifs is 8. The highest BCUT2D eigenvalue weighted by atomic mass is 16.3. The van der Waals surface area contributed by atoms with Crippen molar-refractivity contribution in [1.82, 2.24) is 24.9 Å². The number of aromatic nitrogens is 5. The highest BCUT2D eigenvalue weighted by molar-refractivity contribution is 5.84. The second-order valence-corrected chi connectivity index (χ2v) is 12.5. The van der Waals surface area contributed by atoms with Gasteiger partial charge in [-0.25, -0.2) is 0 Å². The van der Waals surface area contributed by atoms with E-state index in [4.69, 9.17) is 0 Å². The first-order valence-corrected chi connectivity index (χ1v) is 16.5. The molecule has 0 amide bonds. The lowest BCUT2D eigenvalue weighted by Crippen LogP contribution is -2.19. The van der Waals surface area contributed by atoms with Crippen LogP contribution in [0.1, 0.15) is 45.0 Å². The molecular formula is C43H31N5O3. The number of phenolic OH excluding ortho intramolecular Hbond substituents is 3. The number of rotatable bonds is 4. The summed E-state index contributed by atoms with van der Waals surface area (Å²) in [5.74, 6) is 0.569. The first-order chi connectivity index (χ1) is 25.0. The largest absolute Gasteiger partial charge is 0.508 e. The molecule has 0 fully saturated rings. The number of nitrogens with zero attached hydrogens (tertiary/aromatic N) is 1. The minimum atomic E-state index is 0.186. The zero-order valence-electron chi connectivity index (χ0n) is 27.1. The maximum absolute atomic E-state index is 10.2. The molecule has 1 aliphatic rings. The summed E-state index contributed by atoms with van der Waals surface area (Å²) in [6.45, 7) is 0.